The first-order valence-corrected chi connectivity index (χ1v) is 4.17. The second kappa shape index (κ2) is 3.58. The molecule has 0 N–H and O–H groups in total. The lowest BCUT2D eigenvalue weighted by Crippen LogP contribution is -1.93. The molecular formula is C10H11OSi. The third-order valence-electron chi connectivity index (χ3n) is 2.11. The molecule has 1 rings (SSSR count). The van der Waals surface area contributed by atoms with Gasteiger partial charge >= 0.3 is 10.5 Å². The predicted molar refractivity (Wildman–Crippen MR) is 52.4 cm³/mol. The molecule has 1 aromatic rings. The zero-order valence-electron chi connectivity index (χ0n) is 7.35. The molecule has 0 atom stereocenters. The summed E-state index contributed by atoms with van der Waals surface area (Å²) in [7, 11) is 3.01. The van der Waals surface area contributed by atoms with E-state index in [-0.39, 0.29) is 0 Å². The molecule has 0 fully saturated rings. The largest absolute Gasteiger partial charge is 0.540 e. The van der Waals surface area contributed by atoms with Crippen molar-refractivity contribution >= 4 is 16.6 Å². The van der Waals surface area contributed by atoms with Crippen LogP contribution in [0.2, 0.25) is 0 Å². The van der Waals surface area contributed by atoms with E-state index in [2.05, 4.69) is 24.0 Å². The molecule has 1 aromatic carbocycles. The van der Waals surface area contributed by atoms with Crippen LogP contribution >= 0.6 is 0 Å². The van der Waals surface area contributed by atoms with Crippen molar-refractivity contribution in [3.05, 3.63) is 35.4 Å². The van der Waals surface area contributed by atoms with Gasteiger partial charge in [0.15, 0.2) is 0 Å². The summed E-state index contributed by atoms with van der Waals surface area (Å²) < 4.78 is 5.00. The maximum Gasteiger partial charge on any atom is 0.341 e. The summed E-state index contributed by atoms with van der Waals surface area (Å²) in [5.41, 5.74) is 3.50. The van der Waals surface area contributed by atoms with Gasteiger partial charge in [0.25, 0.3) is 0 Å². The summed E-state index contributed by atoms with van der Waals surface area (Å²) in [6.07, 6.45) is 1.85. The topological polar surface area (TPSA) is 9.23 Å². The highest BCUT2D eigenvalue weighted by Crippen LogP contribution is 2.23. The first-order valence-electron chi connectivity index (χ1n) is 3.77. The normalized spacial score (nSPS) is 9.58. The van der Waals surface area contributed by atoms with Gasteiger partial charge in [-0.15, -0.1) is 0 Å². The van der Waals surface area contributed by atoms with Crippen LogP contribution in [0, 0.1) is 13.8 Å². The molecular weight excluding hydrogens is 164 g/mol. The van der Waals surface area contributed by atoms with E-state index in [1.165, 1.54) is 5.56 Å². The fraction of sp³-hybridized carbons (Fsp3) is 0.200. The van der Waals surface area contributed by atoms with Crippen LogP contribution in [0.15, 0.2) is 18.7 Å². The highest BCUT2D eigenvalue weighted by molar-refractivity contribution is 6.00. The van der Waals surface area contributed by atoms with Gasteiger partial charge in [0, 0.05) is 0 Å². The highest BCUT2D eigenvalue weighted by atomic mass is 28.2. The third kappa shape index (κ3) is 1.43. The van der Waals surface area contributed by atoms with Crippen LogP contribution in [0.5, 0.6) is 5.75 Å². The maximum absolute atomic E-state index is 5.00. The molecule has 61 valence electrons. The molecule has 0 unspecified atom stereocenters. The minimum atomic E-state index is 0.856. The number of hydrogen-bond donors (Lipinski definition) is 0. The van der Waals surface area contributed by atoms with Gasteiger partial charge in [0.05, 0.1) is 0 Å². The van der Waals surface area contributed by atoms with Crippen molar-refractivity contribution in [3.63, 3.8) is 0 Å². The van der Waals surface area contributed by atoms with E-state index < -0.39 is 0 Å². The second-order valence-electron chi connectivity index (χ2n) is 2.71. The second-order valence-corrected chi connectivity index (χ2v) is 2.91. The Kier molecular flexibility index (Phi) is 2.71. The highest BCUT2D eigenvalue weighted by Gasteiger charge is 2.02. The van der Waals surface area contributed by atoms with E-state index in [1.54, 1.807) is 0 Å². The first-order chi connectivity index (χ1) is 5.70. The smallest absolute Gasteiger partial charge is 0.341 e. The molecule has 0 heterocycles. The van der Waals surface area contributed by atoms with Crippen LogP contribution in [-0.4, -0.2) is 10.5 Å². The first kappa shape index (κ1) is 9.07. The van der Waals surface area contributed by atoms with Crippen LogP contribution in [0.4, 0.5) is 0 Å². The summed E-state index contributed by atoms with van der Waals surface area (Å²) in [5.74, 6) is 0.856. The molecule has 0 aliphatic carbocycles. The molecule has 0 aromatic heterocycles. The summed E-state index contributed by atoms with van der Waals surface area (Å²) in [6, 6.07) is 3.91. The van der Waals surface area contributed by atoms with Crippen LogP contribution in [0.3, 0.4) is 0 Å². The van der Waals surface area contributed by atoms with Crippen molar-refractivity contribution < 1.29 is 4.43 Å². The maximum atomic E-state index is 5.00. The Labute approximate surface area is 76.6 Å². The average molecular weight is 175 g/mol. The Balaban J connectivity index is 3.29. The van der Waals surface area contributed by atoms with Gasteiger partial charge in [0.1, 0.15) is 5.75 Å². The van der Waals surface area contributed by atoms with E-state index in [0.29, 0.717) is 0 Å². The van der Waals surface area contributed by atoms with Crippen LogP contribution in [-0.2, 0) is 0 Å². The minimum Gasteiger partial charge on any atom is -0.540 e. The molecule has 0 saturated heterocycles. The SMILES string of the molecule is C=Cc1ccc(O[Si])c(C)c1C. The van der Waals surface area contributed by atoms with Gasteiger partial charge in [-0.3, -0.25) is 0 Å². The predicted octanol–water partition coefficient (Wildman–Crippen LogP) is 2.41. The van der Waals surface area contributed by atoms with Crippen molar-refractivity contribution in [1.82, 2.24) is 0 Å². The standard InChI is InChI=1S/C10H11OSi/c1-4-9-5-6-10(11-12)8(3)7(9)2/h4-6H,1H2,2-3H3. The minimum absolute atomic E-state index is 0.856. The third-order valence-corrected chi connectivity index (χ3v) is 2.33. The number of benzene rings is 1. The molecule has 3 radical (unpaired) electrons. The molecule has 0 saturated carbocycles. The Morgan fingerprint density at radius 1 is 1.33 bits per heavy atom. The van der Waals surface area contributed by atoms with Gasteiger partial charge in [-0.05, 0) is 36.6 Å². The molecule has 2 heteroatoms. The zero-order valence-corrected chi connectivity index (χ0v) is 8.35. The molecule has 12 heavy (non-hydrogen) atoms. The molecule has 0 bridgehead atoms. The van der Waals surface area contributed by atoms with Gasteiger partial charge in [-0.1, -0.05) is 18.7 Å². The Hall–Kier alpha value is -1.02. The average Bonchev–Trinajstić information content (AvgIpc) is 2.10. The van der Waals surface area contributed by atoms with Crippen LogP contribution in [0.25, 0.3) is 6.08 Å². The Morgan fingerprint density at radius 3 is 2.50 bits per heavy atom. The molecule has 0 aliphatic rings. The van der Waals surface area contributed by atoms with Crippen molar-refractivity contribution in [1.29, 1.82) is 0 Å². The van der Waals surface area contributed by atoms with Crippen molar-refractivity contribution in [2.45, 2.75) is 13.8 Å². The van der Waals surface area contributed by atoms with E-state index in [4.69, 9.17) is 4.43 Å². The fourth-order valence-electron chi connectivity index (χ4n) is 1.15. The van der Waals surface area contributed by atoms with Crippen molar-refractivity contribution in [2.24, 2.45) is 0 Å². The van der Waals surface area contributed by atoms with Crippen molar-refractivity contribution in [3.8, 4) is 5.75 Å². The van der Waals surface area contributed by atoms with E-state index >= 15 is 0 Å². The summed E-state index contributed by atoms with van der Waals surface area (Å²) in [6.45, 7) is 7.82. The van der Waals surface area contributed by atoms with E-state index in [0.717, 1.165) is 16.9 Å². The van der Waals surface area contributed by atoms with Crippen LogP contribution < -0.4 is 4.43 Å². The summed E-state index contributed by atoms with van der Waals surface area (Å²) in [5, 5.41) is 0. The molecule has 0 spiro atoms. The van der Waals surface area contributed by atoms with Gasteiger partial charge in [0.2, 0.25) is 0 Å². The lowest BCUT2D eigenvalue weighted by atomic mass is 10.0. The fourth-order valence-corrected chi connectivity index (χ4v) is 1.37. The lowest BCUT2D eigenvalue weighted by molar-refractivity contribution is 0.609. The van der Waals surface area contributed by atoms with E-state index in [1.807, 2.05) is 25.1 Å². The lowest BCUT2D eigenvalue weighted by Gasteiger charge is -2.09. The van der Waals surface area contributed by atoms with Crippen molar-refractivity contribution in [2.75, 3.05) is 0 Å². The van der Waals surface area contributed by atoms with E-state index in [9.17, 15) is 0 Å². The van der Waals surface area contributed by atoms with Gasteiger partial charge in [-0.25, -0.2) is 0 Å². The number of rotatable bonds is 2. The van der Waals surface area contributed by atoms with Crippen LogP contribution in [0.1, 0.15) is 16.7 Å². The zero-order chi connectivity index (χ0) is 9.14. The Morgan fingerprint density at radius 2 is 2.00 bits per heavy atom. The number of hydrogen-bond acceptors (Lipinski definition) is 1. The van der Waals surface area contributed by atoms with Gasteiger partial charge < -0.3 is 4.43 Å². The summed E-state index contributed by atoms with van der Waals surface area (Å²) >= 11 is 0. The quantitative estimate of drug-likeness (QED) is 0.627. The summed E-state index contributed by atoms with van der Waals surface area (Å²) in [4.78, 5) is 0. The Bertz CT molecular complexity index is 305. The molecule has 0 aliphatic heterocycles. The molecule has 0 amide bonds. The monoisotopic (exact) mass is 175 g/mol. The van der Waals surface area contributed by atoms with Gasteiger partial charge in [-0.2, -0.15) is 0 Å². The molecule has 1 nitrogen and oxygen atoms in total.